The third-order valence-corrected chi connectivity index (χ3v) is 3.01. The zero-order chi connectivity index (χ0) is 10.5. The maximum atomic E-state index is 6.06. The van der Waals surface area contributed by atoms with Crippen molar-refractivity contribution in [3.05, 3.63) is 52.5 Å². The SMILES string of the molecule is NC(Cc1ccsc1)Cc1ccccn1. The van der Waals surface area contributed by atoms with Gasteiger partial charge in [0.1, 0.15) is 0 Å². The van der Waals surface area contributed by atoms with Crippen LogP contribution in [0, 0.1) is 0 Å². The van der Waals surface area contributed by atoms with E-state index in [-0.39, 0.29) is 6.04 Å². The van der Waals surface area contributed by atoms with Crippen LogP contribution in [0.4, 0.5) is 0 Å². The van der Waals surface area contributed by atoms with E-state index >= 15 is 0 Å². The highest BCUT2D eigenvalue weighted by Crippen LogP contribution is 2.09. The fourth-order valence-corrected chi connectivity index (χ4v) is 2.25. The molecule has 0 saturated heterocycles. The Bertz CT molecular complexity index is 383. The average molecular weight is 218 g/mol. The van der Waals surface area contributed by atoms with Crippen molar-refractivity contribution in [3.8, 4) is 0 Å². The summed E-state index contributed by atoms with van der Waals surface area (Å²) in [7, 11) is 0. The van der Waals surface area contributed by atoms with E-state index in [0.717, 1.165) is 18.5 Å². The Morgan fingerprint density at radius 3 is 2.87 bits per heavy atom. The van der Waals surface area contributed by atoms with E-state index in [1.165, 1.54) is 5.56 Å². The second kappa shape index (κ2) is 5.05. The summed E-state index contributed by atoms with van der Waals surface area (Å²) in [6.07, 6.45) is 3.59. The number of hydrogen-bond acceptors (Lipinski definition) is 3. The summed E-state index contributed by atoms with van der Waals surface area (Å²) < 4.78 is 0. The van der Waals surface area contributed by atoms with Gasteiger partial charge in [0, 0.05) is 24.4 Å². The van der Waals surface area contributed by atoms with E-state index in [1.807, 2.05) is 24.4 Å². The van der Waals surface area contributed by atoms with Crippen molar-refractivity contribution in [2.24, 2.45) is 5.73 Å². The van der Waals surface area contributed by atoms with Gasteiger partial charge in [-0.2, -0.15) is 11.3 Å². The van der Waals surface area contributed by atoms with Crippen LogP contribution in [0.5, 0.6) is 0 Å². The summed E-state index contributed by atoms with van der Waals surface area (Å²) in [5.41, 5.74) is 8.45. The molecule has 0 radical (unpaired) electrons. The first-order chi connectivity index (χ1) is 7.34. The van der Waals surface area contributed by atoms with Gasteiger partial charge < -0.3 is 5.73 Å². The Kier molecular flexibility index (Phi) is 3.48. The number of thiophene rings is 1. The molecule has 0 aliphatic rings. The van der Waals surface area contributed by atoms with Crippen LogP contribution < -0.4 is 5.73 Å². The minimum atomic E-state index is 0.162. The monoisotopic (exact) mass is 218 g/mol. The standard InChI is InChI=1S/C12H14N2S/c13-11(7-10-4-6-15-9-10)8-12-3-1-2-5-14-12/h1-6,9,11H,7-8,13H2. The van der Waals surface area contributed by atoms with Gasteiger partial charge in [-0.1, -0.05) is 6.07 Å². The topological polar surface area (TPSA) is 38.9 Å². The fraction of sp³-hybridized carbons (Fsp3) is 0.250. The quantitative estimate of drug-likeness (QED) is 0.855. The van der Waals surface area contributed by atoms with Crippen molar-refractivity contribution < 1.29 is 0 Å². The lowest BCUT2D eigenvalue weighted by Crippen LogP contribution is -2.25. The number of nitrogens with zero attached hydrogens (tertiary/aromatic N) is 1. The molecule has 2 aromatic rings. The average Bonchev–Trinajstić information content (AvgIpc) is 2.71. The van der Waals surface area contributed by atoms with E-state index in [2.05, 4.69) is 21.8 Å². The van der Waals surface area contributed by atoms with Gasteiger partial charge in [-0.05, 0) is 40.9 Å². The summed E-state index contributed by atoms with van der Waals surface area (Å²) in [6.45, 7) is 0. The lowest BCUT2D eigenvalue weighted by atomic mass is 10.0. The lowest BCUT2D eigenvalue weighted by molar-refractivity contribution is 0.655. The highest BCUT2D eigenvalue weighted by atomic mass is 32.1. The summed E-state index contributed by atoms with van der Waals surface area (Å²) in [5, 5.41) is 4.24. The first-order valence-corrected chi connectivity index (χ1v) is 5.95. The molecule has 2 N–H and O–H groups in total. The third kappa shape index (κ3) is 3.15. The van der Waals surface area contributed by atoms with Gasteiger partial charge in [0.15, 0.2) is 0 Å². The largest absolute Gasteiger partial charge is 0.327 e. The molecule has 15 heavy (non-hydrogen) atoms. The number of nitrogens with two attached hydrogens (primary N) is 1. The molecular formula is C12H14N2S. The Labute approximate surface area is 93.8 Å². The van der Waals surface area contributed by atoms with E-state index in [9.17, 15) is 0 Å². The van der Waals surface area contributed by atoms with Crippen molar-refractivity contribution in [1.82, 2.24) is 4.98 Å². The number of rotatable bonds is 4. The van der Waals surface area contributed by atoms with Gasteiger partial charge in [-0.25, -0.2) is 0 Å². The predicted octanol–water partition coefficient (Wildman–Crippen LogP) is 2.26. The van der Waals surface area contributed by atoms with Crippen LogP contribution in [0.3, 0.4) is 0 Å². The summed E-state index contributed by atoms with van der Waals surface area (Å²) in [4.78, 5) is 4.27. The minimum absolute atomic E-state index is 0.162. The van der Waals surface area contributed by atoms with Crippen molar-refractivity contribution in [1.29, 1.82) is 0 Å². The molecule has 0 amide bonds. The Hall–Kier alpha value is -1.19. The fourth-order valence-electron chi connectivity index (χ4n) is 1.57. The minimum Gasteiger partial charge on any atom is -0.327 e. The van der Waals surface area contributed by atoms with Gasteiger partial charge >= 0.3 is 0 Å². The highest BCUT2D eigenvalue weighted by Gasteiger charge is 2.06. The molecule has 0 aliphatic carbocycles. The Balaban J connectivity index is 1.90. The van der Waals surface area contributed by atoms with Crippen molar-refractivity contribution in [2.75, 3.05) is 0 Å². The number of hydrogen-bond donors (Lipinski definition) is 1. The van der Waals surface area contributed by atoms with E-state index in [0.29, 0.717) is 0 Å². The molecule has 2 heterocycles. The first kappa shape index (κ1) is 10.3. The highest BCUT2D eigenvalue weighted by molar-refractivity contribution is 7.07. The van der Waals surface area contributed by atoms with Crippen molar-refractivity contribution >= 4 is 11.3 Å². The van der Waals surface area contributed by atoms with Crippen LogP contribution in [0.25, 0.3) is 0 Å². The smallest absolute Gasteiger partial charge is 0.0419 e. The van der Waals surface area contributed by atoms with Crippen LogP contribution in [-0.2, 0) is 12.8 Å². The molecule has 0 aliphatic heterocycles. The summed E-state index contributed by atoms with van der Waals surface area (Å²) in [6, 6.07) is 8.23. The molecule has 0 bridgehead atoms. The predicted molar refractivity (Wildman–Crippen MR) is 63.9 cm³/mol. The molecule has 3 heteroatoms. The second-order valence-electron chi connectivity index (χ2n) is 3.62. The number of pyridine rings is 1. The molecule has 2 rings (SSSR count). The van der Waals surface area contributed by atoms with E-state index in [4.69, 9.17) is 5.73 Å². The molecule has 2 nitrogen and oxygen atoms in total. The molecule has 1 unspecified atom stereocenters. The molecule has 0 saturated carbocycles. The Morgan fingerprint density at radius 2 is 2.20 bits per heavy atom. The molecule has 78 valence electrons. The molecule has 0 fully saturated rings. The van der Waals surface area contributed by atoms with Gasteiger partial charge in [0.2, 0.25) is 0 Å². The summed E-state index contributed by atoms with van der Waals surface area (Å²) >= 11 is 1.72. The second-order valence-corrected chi connectivity index (χ2v) is 4.40. The van der Waals surface area contributed by atoms with Crippen LogP contribution in [0.15, 0.2) is 41.2 Å². The van der Waals surface area contributed by atoms with Crippen molar-refractivity contribution in [2.45, 2.75) is 18.9 Å². The molecular weight excluding hydrogens is 204 g/mol. The normalized spacial score (nSPS) is 12.6. The van der Waals surface area contributed by atoms with Gasteiger partial charge in [-0.3, -0.25) is 4.98 Å². The van der Waals surface area contributed by atoms with Gasteiger partial charge in [0.05, 0.1) is 0 Å². The van der Waals surface area contributed by atoms with Gasteiger partial charge in [-0.15, -0.1) is 0 Å². The van der Waals surface area contributed by atoms with Crippen LogP contribution in [0.2, 0.25) is 0 Å². The zero-order valence-corrected chi connectivity index (χ0v) is 9.28. The molecule has 1 atom stereocenters. The Morgan fingerprint density at radius 1 is 1.27 bits per heavy atom. The van der Waals surface area contributed by atoms with Gasteiger partial charge in [0.25, 0.3) is 0 Å². The maximum absolute atomic E-state index is 6.06. The molecule has 2 aromatic heterocycles. The first-order valence-electron chi connectivity index (χ1n) is 5.01. The molecule has 0 aromatic carbocycles. The zero-order valence-electron chi connectivity index (χ0n) is 8.47. The summed E-state index contributed by atoms with van der Waals surface area (Å²) in [5.74, 6) is 0. The van der Waals surface area contributed by atoms with E-state index in [1.54, 1.807) is 11.3 Å². The third-order valence-electron chi connectivity index (χ3n) is 2.28. The maximum Gasteiger partial charge on any atom is 0.0419 e. The van der Waals surface area contributed by atoms with E-state index < -0.39 is 0 Å². The van der Waals surface area contributed by atoms with Crippen LogP contribution >= 0.6 is 11.3 Å². The van der Waals surface area contributed by atoms with Crippen LogP contribution in [0.1, 0.15) is 11.3 Å². The number of aromatic nitrogens is 1. The van der Waals surface area contributed by atoms with Crippen LogP contribution in [-0.4, -0.2) is 11.0 Å². The molecule has 0 spiro atoms. The van der Waals surface area contributed by atoms with Crippen molar-refractivity contribution in [3.63, 3.8) is 0 Å². The lowest BCUT2D eigenvalue weighted by Gasteiger charge is -2.09.